The highest BCUT2D eigenvalue weighted by Gasteiger charge is 2.30. The monoisotopic (exact) mass is 1320 g/mol. The zero-order chi connectivity index (χ0) is 66.1. The Bertz CT molecular complexity index is 1720. The van der Waals surface area contributed by atoms with Gasteiger partial charge in [-0.05, 0) is 25.7 Å². The molecule has 534 valence electrons. The number of phosphoric acid groups is 2. The summed E-state index contributed by atoms with van der Waals surface area (Å²) in [4.78, 5) is 72.4. The molecule has 0 saturated carbocycles. The maximum Gasteiger partial charge on any atom is 0.472 e. The second-order valence-electron chi connectivity index (χ2n) is 25.6. The van der Waals surface area contributed by atoms with Gasteiger partial charge in [0, 0.05) is 25.7 Å². The molecule has 0 amide bonds. The van der Waals surface area contributed by atoms with Crippen molar-refractivity contribution in [1.29, 1.82) is 0 Å². The van der Waals surface area contributed by atoms with Gasteiger partial charge in [-0.3, -0.25) is 37.3 Å². The first kappa shape index (κ1) is 88.1. The highest BCUT2D eigenvalue weighted by atomic mass is 31.2. The molecule has 19 heteroatoms. The van der Waals surface area contributed by atoms with Crippen molar-refractivity contribution in [2.75, 3.05) is 39.6 Å². The highest BCUT2D eigenvalue weighted by Crippen LogP contribution is 2.45. The lowest BCUT2D eigenvalue weighted by Crippen LogP contribution is -2.30. The average Bonchev–Trinajstić information content (AvgIpc) is 3.49. The van der Waals surface area contributed by atoms with E-state index in [4.69, 9.17) is 37.0 Å². The van der Waals surface area contributed by atoms with Crippen LogP contribution in [0.3, 0.4) is 0 Å². The molecule has 0 bridgehead atoms. The number of aliphatic hydroxyl groups is 1. The van der Waals surface area contributed by atoms with E-state index in [1.807, 2.05) is 0 Å². The van der Waals surface area contributed by atoms with Crippen LogP contribution in [0.4, 0.5) is 0 Å². The lowest BCUT2D eigenvalue weighted by molar-refractivity contribution is -0.161. The molecule has 0 heterocycles. The average molecular weight is 1330 g/mol. The Kier molecular flexibility index (Phi) is 64.3. The normalized spacial score (nSPS) is 14.0. The third-order valence-electron chi connectivity index (χ3n) is 16.6. The Morgan fingerprint density at radius 2 is 0.444 bits per heavy atom. The lowest BCUT2D eigenvalue weighted by atomic mass is 10.0. The van der Waals surface area contributed by atoms with Gasteiger partial charge in [-0.2, -0.15) is 0 Å². The van der Waals surface area contributed by atoms with Crippen LogP contribution in [0.1, 0.15) is 374 Å². The van der Waals surface area contributed by atoms with Crippen molar-refractivity contribution < 1.29 is 80.2 Å². The standard InChI is InChI=1S/C71H138O17P2/c1-5-9-13-17-21-25-27-28-29-30-31-32-33-34-35-36-37-38-42-46-50-54-58-71(76)88-67(62-82-69(74)56-52-48-44-41-26-22-18-14-10-6-2)64-86-90(79,80)84-60-65(72)59-83-89(77,78)85-63-66(87-70(75)57-53-49-45-40-24-20-16-12-8-4)61-81-68(73)55-51-47-43-39-23-19-15-11-7-3/h65-67,72H,5-64H2,1-4H3,(H,77,78)(H,79,80)/t65-,66+,67+/m0/s1. The quantitative estimate of drug-likeness (QED) is 0.0222. The first-order valence-electron chi connectivity index (χ1n) is 37.3. The van der Waals surface area contributed by atoms with Gasteiger partial charge >= 0.3 is 39.5 Å². The van der Waals surface area contributed by atoms with Gasteiger partial charge in [0.25, 0.3) is 0 Å². The molecular formula is C71H138O17P2. The number of hydrogen-bond donors (Lipinski definition) is 3. The fourth-order valence-electron chi connectivity index (χ4n) is 10.9. The summed E-state index contributed by atoms with van der Waals surface area (Å²) in [6.45, 7) is 4.90. The third-order valence-corrected chi connectivity index (χ3v) is 18.5. The maximum absolute atomic E-state index is 13.0. The Labute approximate surface area is 549 Å². The van der Waals surface area contributed by atoms with Crippen LogP contribution in [0.15, 0.2) is 0 Å². The fourth-order valence-corrected chi connectivity index (χ4v) is 12.4. The first-order valence-corrected chi connectivity index (χ1v) is 40.3. The van der Waals surface area contributed by atoms with Gasteiger partial charge in [0.15, 0.2) is 12.2 Å². The molecule has 0 aliphatic rings. The van der Waals surface area contributed by atoms with Crippen LogP contribution in [0.25, 0.3) is 0 Å². The topological polar surface area (TPSA) is 237 Å². The minimum atomic E-state index is -4.95. The van der Waals surface area contributed by atoms with Crippen LogP contribution in [0, 0.1) is 0 Å². The molecule has 3 N–H and O–H groups in total. The van der Waals surface area contributed by atoms with Crippen LogP contribution in [-0.4, -0.2) is 96.7 Å². The molecule has 0 aromatic rings. The summed E-state index contributed by atoms with van der Waals surface area (Å²) in [7, 11) is -9.89. The summed E-state index contributed by atoms with van der Waals surface area (Å²) < 4.78 is 68.1. The number of hydrogen-bond acceptors (Lipinski definition) is 15. The molecule has 5 atom stereocenters. The third kappa shape index (κ3) is 64.8. The smallest absolute Gasteiger partial charge is 0.462 e. The van der Waals surface area contributed by atoms with Crippen LogP contribution in [0.2, 0.25) is 0 Å². The molecule has 0 fully saturated rings. The first-order chi connectivity index (χ1) is 43.7. The molecule has 0 aliphatic heterocycles. The number of carbonyl (C=O) groups excluding carboxylic acids is 4. The molecular weight excluding hydrogens is 1190 g/mol. The van der Waals surface area contributed by atoms with Crippen molar-refractivity contribution in [3.63, 3.8) is 0 Å². The van der Waals surface area contributed by atoms with Crippen molar-refractivity contribution in [3.8, 4) is 0 Å². The van der Waals surface area contributed by atoms with E-state index in [1.54, 1.807) is 0 Å². The van der Waals surface area contributed by atoms with Crippen LogP contribution < -0.4 is 0 Å². The summed E-state index contributed by atoms with van der Waals surface area (Å²) in [5.41, 5.74) is 0. The van der Waals surface area contributed by atoms with E-state index in [9.17, 15) is 43.2 Å². The fraction of sp³-hybridized carbons (Fsp3) is 0.944. The van der Waals surface area contributed by atoms with Gasteiger partial charge in [-0.25, -0.2) is 9.13 Å². The molecule has 0 saturated heterocycles. The summed E-state index contributed by atoms with van der Waals surface area (Å²) >= 11 is 0. The van der Waals surface area contributed by atoms with E-state index >= 15 is 0 Å². The Balaban J connectivity index is 5.10. The van der Waals surface area contributed by atoms with Crippen LogP contribution >= 0.6 is 15.6 Å². The van der Waals surface area contributed by atoms with Gasteiger partial charge in [-0.15, -0.1) is 0 Å². The summed E-state index contributed by atoms with van der Waals surface area (Å²) in [6.07, 6.45) is 54.3. The van der Waals surface area contributed by atoms with E-state index < -0.39 is 97.5 Å². The lowest BCUT2D eigenvalue weighted by Gasteiger charge is -2.21. The van der Waals surface area contributed by atoms with Crippen molar-refractivity contribution in [2.45, 2.75) is 393 Å². The van der Waals surface area contributed by atoms with E-state index in [2.05, 4.69) is 27.7 Å². The van der Waals surface area contributed by atoms with Crippen LogP contribution in [-0.2, 0) is 65.4 Å². The Hall–Kier alpha value is -1.94. The second kappa shape index (κ2) is 65.7. The van der Waals surface area contributed by atoms with Gasteiger partial charge in [-0.1, -0.05) is 323 Å². The minimum absolute atomic E-state index is 0.106. The van der Waals surface area contributed by atoms with Crippen molar-refractivity contribution in [2.24, 2.45) is 0 Å². The number of aliphatic hydroxyl groups excluding tert-OH is 1. The number of rotatable bonds is 72. The van der Waals surface area contributed by atoms with Crippen molar-refractivity contribution >= 4 is 39.5 Å². The molecule has 0 aliphatic carbocycles. The van der Waals surface area contributed by atoms with E-state index in [0.717, 1.165) is 89.9 Å². The van der Waals surface area contributed by atoms with Crippen molar-refractivity contribution in [1.82, 2.24) is 0 Å². The Morgan fingerprint density at radius 3 is 0.656 bits per heavy atom. The molecule has 0 spiro atoms. The predicted octanol–water partition coefficient (Wildman–Crippen LogP) is 20.7. The van der Waals surface area contributed by atoms with Gasteiger partial charge in [0.05, 0.1) is 26.4 Å². The van der Waals surface area contributed by atoms with Crippen LogP contribution in [0.5, 0.6) is 0 Å². The number of ether oxygens (including phenoxy) is 4. The Morgan fingerprint density at radius 1 is 0.267 bits per heavy atom. The zero-order valence-electron chi connectivity index (χ0n) is 58.1. The maximum atomic E-state index is 13.0. The zero-order valence-corrected chi connectivity index (χ0v) is 59.9. The second-order valence-corrected chi connectivity index (χ2v) is 28.5. The largest absolute Gasteiger partial charge is 0.472 e. The summed E-state index contributed by atoms with van der Waals surface area (Å²) in [5, 5.41) is 10.6. The van der Waals surface area contributed by atoms with E-state index in [1.165, 1.54) is 205 Å². The van der Waals surface area contributed by atoms with E-state index in [-0.39, 0.29) is 25.7 Å². The number of esters is 4. The van der Waals surface area contributed by atoms with Gasteiger partial charge in [0.2, 0.25) is 0 Å². The highest BCUT2D eigenvalue weighted by molar-refractivity contribution is 7.47. The molecule has 0 aromatic carbocycles. The minimum Gasteiger partial charge on any atom is -0.462 e. The molecule has 90 heavy (non-hydrogen) atoms. The molecule has 0 aromatic heterocycles. The van der Waals surface area contributed by atoms with Crippen molar-refractivity contribution in [3.05, 3.63) is 0 Å². The van der Waals surface area contributed by atoms with Gasteiger partial charge in [0.1, 0.15) is 19.3 Å². The molecule has 0 rings (SSSR count). The predicted molar refractivity (Wildman–Crippen MR) is 363 cm³/mol. The molecule has 0 radical (unpaired) electrons. The summed E-state index contributed by atoms with van der Waals surface area (Å²) in [5.74, 6) is -2.12. The van der Waals surface area contributed by atoms with Gasteiger partial charge < -0.3 is 33.8 Å². The molecule has 2 unspecified atom stereocenters. The van der Waals surface area contributed by atoms with E-state index in [0.29, 0.717) is 25.7 Å². The summed E-state index contributed by atoms with van der Waals surface area (Å²) in [6, 6.07) is 0. The molecule has 17 nitrogen and oxygen atoms in total. The number of phosphoric ester groups is 2. The SMILES string of the molecule is CCCCCCCCCCCCCCCCCCCCCCCCC(=O)O[C@H](COC(=O)CCCCCCCCCCCC)COP(=O)(O)OC[C@@H](O)COP(=O)(O)OC[C@@H](COC(=O)CCCCCCCCCCC)OC(=O)CCCCCCCCCCC. The number of unbranched alkanes of at least 4 members (excludes halogenated alkanes) is 46. The number of carbonyl (C=O) groups is 4.